The lowest BCUT2D eigenvalue weighted by Crippen LogP contribution is -2.38. The van der Waals surface area contributed by atoms with Crippen LogP contribution in [-0.4, -0.2) is 55.3 Å². The van der Waals surface area contributed by atoms with Crippen molar-refractivity contribution < 1.29 is 0 Å². The Hall–Kier alpha value is 0.270. The third kappa shape index (κ3) is 2.99. The van der Waals surface area contributed by atoms with E-state index in [4.69, 9.17) is 0 Å². The molecule has 2 aliphatic rings. The summed E-state index contributed by atoms with van der Waals surface area (Å²) < 4.78 is 0. The van der Waals surface area contributed by atoms with Crippen LogP contribution in [0.1, 0.15) is 32.6 Å². The molecule has 2 unspecified atom stereocenters. The first kappa shape index (κ1) is 13.7. The van der Waals surface area contributed by atoms with Crippen LogP contribution >= 0.6 is 12.6 Å². The van der Waals surface area contributed by atoms with Crippen molar-refractivity contribution in [3.8, 4) is 0 Å². The average molecular weight is 256 g/mol. The van der Waals surface area contributed by atoms with Crippen LogP contribution in [0.3, 0.4) is 0 Å². The lowest BCUT2D eigenvalue weighted by Gasteiger charge is -2.32. The van der Waals surface area contributed by atoms with Gasteiger partial charge in [-0.3, -0.25) is 0 Å². The Labute approximate surface area is 112 Å². The molecule has 0 bridgehead atoms. The number of nitrogens with zero attached hydrogens (tertiary/aromatic N) is 2. The van der Waals surface area contributed by atoms with Gasteiger partial charge in [-0.2, -0.15) is 12.6 Å². The van der Waals surface area contributed by atoms with E-state index in [2.05, 4.69) is 43.4 Å². The SMILES string of the molecule is CC1CN(CC2(CS)CCCC2)CC1N(C)C. The van der Waals surface area contributed by atoms with Gasteiger partial charge in [-0.1, -0.05) is 19.8 Å². The Morgan fingerprint density at radius 2 is 1.88 bits per heavy atom. The van der Waals surface area contributed by atoms with Gasteiger partial charge in [0, 0.05) is 25.7 Å². The zero-order chi connectivity index (χ0) is 12.5. The summed E-state index contributed by atoms with van der Waals surface area (Å²) in [5.41, 5.74) is 0.532. The standard InChI is InChI=1S/C14H28N2S/c1-12-8-16(9-13(12)15(2)3)10-14(11-17)6-4-5-7-14/h12-13,17H,4-11H2,1-3H3. The molecule has 1 saturated heterocycles. The number of likely N-dealkylation sites (N-methyl/N-ethyl adjacent to an activating group) is 1. The van der Waals surface area contributed by atoms with Crippen LogP contribution in [0, 0.1) is 11.3 Å². The number of rotatable bonds is 4. The fraction of sp³-hybridized carbons (Fsp3) is 1.00. The van der Waals surface area contributed by atoms with Crippen molar-refractivity contribution in [1.82, 2.24) is 9.80 Å². The zero-order valence-electron chi connectivity index (χ0n) is 11.7. The van der Waals surface area contributed by atoms with Crippen molar-refractivity contribution in [1.29, 1.82) is 0 Å². The molecular formula is C14H28N2S. The highest BCUT2D eigenvalue weighted by atomic mass is 32.1. The summed E-state index contributed by atoms with van der Waals surface area (Å²) in [5.74, 6) is 1.88. The van der Waals surface area contributed by atoms with Crippen molar-refractivity contribution >= 4 is 12.6 Å². The van der Waals surface area contributed by atoms with E-state index in [9.17, 15) is 0 Å². The van der Waals surface area contributed by atoms with Crippen LogP contribution in [0.15, 0.2) is 0 Å². The van der Waals surface area contributed by atoms with Gasteiger partial charge in [-0.25, -0.2) is 0 Å². The number of hydrogen-bond donors (Lipinski definition) is 1. The van der Waals surface area contributed by atoms with Crippen LogP contribution in [0.5, 0.6) is 0 Å². The van der Waals surface area contributed by atoms with Gasteiger partial charge in [-0.15, -0.1) is 0 Å². The largest absolute Gasteiger partial charge is 0.305 e. The molecule has 1 saturated carbocycles. The van der Waals surface area contributed by atoms with Crippen LogP contribution in [0.2, 0.25) is 0 Å². The maximum absolute atomic E-state index is 4.62. The maximum Gasteiger partial charge on any atom is 0.0254 e. The lowest BCUT2D eigenvalue weighted by molar-refractivity contribution is 0.187. The molecule has 2 nitrogen and oxygen atoms in total. The molecule has 17 heavy (non-hydrogen) atoms. The minimum absolute atomic E-state index is 0.532. The normalized spacial score (nSPS) is 33.7. The van der Waals surface area contributed by atoms with E-state index in [-0.39, 0.29) is 0 Å². The van der Waals surface area contributed by atoms with E-state index in [1.807, 2.05) is 0 Å². The molecule has 1 aliphatic carbocycles. The second kappa shape index (κ2) is 5.50. The van der Waals surface area contributed by atoms with Crippen LogP contribution in [0.4, 0.5) is 0 Å². The summed E-state index contributed by atoms with van der Waals surface area (Å²) in [7, 11) is 4.43. The molecule has 100 valence electrons. The lowest BCUT2D eigenvalue weighted by atomic mass is 9.88. The molecular weight excluding hydrogens is 228 g/mol. The number of likely N-dealkylation sites (tertiary alicyclic amines) is 1. The predicted molar refractivity (Wildman–Crippen MR) is 77.8 cm³/mol. The summed E-state index contributed by atoms with van der Waals surface area (Å²) in [4.78, 5) is 5.09. The van der Waals surface area contributed by atoms with Crippen molar-refractivity contribution in [2.45, 2.75) is 38.6 Å². The van der Waals surface area contributed by atoms with E-state index >= 15 is 0 Å². The molecule has 0 aromatic rings. The molecule has 3 heteroatoms. The molecule has 2 rings (SSSR count). The summed E-state index contributed by atoms with van der Waals surface area (Å²) in [5, 5.41) is 0. The Morgan fingerprint density at radius 1 is 1.24 bits per heavy atom. The topological polar surface area (TPSA) is 6.48 Å². The molecule has 2 atom stereocenters. The highest BCUT2D eigenvalue weighted by Gasteiger charge is 2.38. The molecule has 0 amide bonds. The minimum atomic E-state index is 0.532. The summed E-state index contributed by atoms with van der Waals surface area (Å²) >= 11 is 4.62. The zero-order valence-corrected chi connectivity index (χ0v) is 12.5. The van der Waals surface area contributed by atoms with E-state index < -0.39 is 0 Å². The van der Waals surface area contributed by atoms with Gasteiger partial charge >= 0.3 is 0 Å². The summed E-state index contributed by atoms with van der Waals surface area (Å²) in [6, 6.07) is 0.744. The molecule has 1 heterocycles. The number of thiol groups is 1. The smallest absolute Gasteiger partial charge is 0.0254 e. The fourth-order valence-corrected chi connectivity index (χ4v) is 4.23. The second-order valence-electron chi connectivity index (χ2n) is 6.57. The van der Waals surface area contributed by atoms with Gasteiger partial charge in [0.25, 0.3) is 0 Å². The van der Waals surface area contributed by atoms with Crippen molar-refractivity contribution in [3.05, 3.63) is 0 Å². The minimum Gasteiger partial charge on any atom is -0.305 e. The highest BCUT2D eigenvalue weighted by Crippen LogP contribution is 2.40. The molecule has 0 aromatic carbocycles. The van der Waals surface area contributed by atoms with Crippen LogP contribution in [0.25, 0.3) is 0 Å². The molecule has 0 spiro atoms. The highest BCUT2D eigenvalue weighted by molar-refractivity contribution is 7.80. The average Bonchev–Trinajstić information content (AvgIpc) is 2.87. The van der Waals surface area contributed by atoms with Gasteiger partial charge < -0.3 is 9.80 Å². The molecule has 0 N–H and O–H groups in total. The third-order valence-corrected chi connectivity index (χ3v) is 5.54. The molecule has 0 radical (unpaired) electrons. The van der Waals surface area contributed by atoms with Crippen molar-refractivity contribution in [2.24, 2.45) is 11.3 Å². The Morgan fingerprint density at radius 3 is 2.35 bits per heavy atom. The Kier molecular flexibility index (Phi) is 4.43. The fourth-order valence-electron chi connectivity index (χ4n) is 3.81. The quantitative estimate of drug-likeness (QED) is 0.772. The monoisotopic (exact) mass is 256 g/mol. The molecule has 2 fully saturated rings. The van der Waals surface area contributed by atoms with Crippen molar-refractivity contribution in [2.75, 3.05) is 39.5 Å². The van der Waals surface area contributed by atoms with Gasteiger partial charge in [0.2, 0.25) is 0 Å². The van der Waals surface area contributed by atoms with Crippen LogP contribution < -0.4 is 0 Å². The Balaban J connectivity index is 1.92. The van der Waals surface area contributed by atoms with Gasteiger partial charge in [-0.05, 0) is 44.0 Å². The first-order valence-electron chi connectivity index (χ1n) is 7.06. The third-order valence-electron chi connectivity index (χ3n) is 4.87. The summed E-state index contributed by atoms with van der Waals surface area (Å²) in [6.45, 7) is 6.21. The van der Waals surface area contributed by atoms with E-state index in [1.165, 1.54) is 45.3 Å². The van der Waals surface area contributed by atoms with E-state index in [0.717, 1.165) is 17.7 Å². The first-order valence-corrected chi connectivity index (χ1v) is 7.69. The van der Waals surface area contributed by atoms with E-state index in [0.29, 0.717) is 5.41 Å². The summed E-state index contributed by atoms with van der Waals surface area (Å²) in [6.07, 6.45) is 5.63. The molecule has 0 aromatic heterocycles. The van der Waals surface area contributed by atoms with E-state index in [1.54, 1.807) is 0 Å². The maximum atomic E-state index is 4.62. The second-order valence-corrected chi connectivity index (χ2v) is 6.88. The van der Waals surface area contributed by atoms with Crippen molar-refractivity contribution in [3.63, 3.8) is 0 Å². The Bertz CT molecular complexity index is 249. The van der Waals surface area contributed by atoms with Gasteiger partial charge in [0.1, 0.15) is 0 Å². The predicted octanol–water partition coefficient (Wildman–Crippen LogP) is 2.36. The molecule has 1 aliphatic heterocycles. The van der Waals surface area contributed by atoms with Gasteiger partial charge in [0.05, 0.1) is 0 Å². The first-order chi connectivity index (χ1) is 8.06. The van der Waals surface area contributed by atoms with Crippen LogP contribution in [-0.2, 0) is 0 Å². The van der Waals surface area contributed by atoms with Gasteiger partial charge in [0.15, 0.2) is 0 Å². The number of hydrogen-bond acceptors (Lipinski definition) is 3.